The van der Waals surface area contributed by atoms with E-state index in [0.717, 1.165) is 31.1 Å². The van der Waals surface area contributed by atoms with Gasteiger partial charge in [0.2, 0.25) is 0 Å². The van der Waals surface area contributed by atoms with Gasteiger partial charge in [0.15, 0.2) is 0 Å². The molecule has 2 aliphatic rings. The minimum absolute atomic E-state index is 0.309. The molecule has 100 valence electrons. The van der Waals surface area contributed by atoms with Gasteiger partial charge in [-0.25, -0.2) is 0 Å². The molecule has 0 aliphatic heterocycles. The van der Waals surface area contributed by atoms with Crippen molar-refractivity contribution in [3.63, 3.8) is 0 Å². The van der Waals surface area contributed by atoms with E-state index < -0.39 is 0 Å². The van der Waals surface area contributed by atoms with Crippen LogP contribution in [0.2, 0.25) is 0 Å². The Hall–Kier alpha value is -0.0400. The summed E-state index contributed by atoms with van der Waals surface area (Å²) in [4.78, 5) is 0. The van der Waals surface area contributed by atoms with Crippen molar-refractivity contribution < 1.29 is 5.11 Å². The molecule has 0 saturated heterocycles. The summed E-state index contributed by atoms with van der Waals surface area (Å²) in [7, 11) is 0. The van der Waals surface area contributed by atoms with E-state index in [9.17, 15) is 5.11 Å². The van der Waals surface area contributed by atoms with Crippen molar-refractivity contribution in [3.8, 4) is 0 Å². The molecule has 0 heterocycles. The lowest BCUT2D eigenvalue weighted by Crippen LogP contribution is -2.38. The Labute approximate surface area is 107 Å². The molecule has 1 N–H and O–H groups in total. The van der Waals surface area contributed by atoms with E-state index in [1.54, 1.807) is 0 Å². The fourth-order valence-electron chi connectivity index (χ4n) is 3.98. The Kier molecular flexibility index (Phi) is 3.87. The average Bonchev–Trinajstić information content (AvgIpc) is 2.68. The van der Waals surface area contributed by atoms with Crippen LogP contribution in [0.25, 0.3) is 0 Å². The van der Waals surface area contributed by atoms with Gasteiger partial charge in [0.05, 0.1) is 5.60 Å². The van der Waals surface area contributed by atoms with Crippen LogP contribution in [0.1, 0.15) is 78.6 Å². The third-order valence-corrected chi connectivity index (χ3v) is 5.28. The molecule has 0 aromatic heterocycles. The zero-order valence-corrected chi connectivity index (χ0v) is 12.0. The van der Waals surface area contributed by atoms with E-state index in [2.05, 4.69) is 20.8 Å². The lowest BCUT2D eigenvalue weighted by molar-refractivity contribution is -0.0418. The molecule has 0 aromatic rings. The molecule has 0 radical (unpaired) electrons. The van der Waals surface area contributed by atoms with Gasteiger partial charge in [-0.3, -0.25) is 0 Å². The Morgan fingerprint density at radius 1 is 1.00 bits per heavy atom. The van der Waals surface area contributed by atoms with Gasteiger partial charge in [0.25, 0.3) is 0 Å². The van der Waals surface area contributed by atoms with Crippen molar-refractivity contribution >= 4 is 0 Å². The predicted molar refractivity (Wildman–Crippen MR) is 72.9 cm³/mol. The molecule has 2 aliphatic carbocycles. The molecule has 2 saturated carbocycles. The van der Waals surface area contributed by atoms with Crippen LogP contribution < -0.4 is 0 Å². The van der Waals surface area contributed by atoms with Crippen molar-refractivity contribution in [1.82, 2.24) is 0 Å². The third kappa shape index (κ3) is 3.47. The fourth-order valence-corrected chi connectivity index (χ4v) is 3.98. The highest BCUT2D eigenvalue weighted by molar-refractivity contribution is 4.91. The number of aliphatic hydroxyl groups is 1. The highest BCUT2D eigenvalue weighted by Crippen LogP contribution is 2.45. The summed E-state index contributed by atoms with van der Waals surface area (Å²) in [5.74, 6) is 1.64. The third-order valence-electron chi connectivity index (χ3n) is 5.28. The maximum absolute atomic E-state index is 10.7. The molecule has 0 unspecified atom stereocenters. The second-order valence-corrected chi connectivity index (χ2v) is 7.72. The van der Waals surface area contributed by atoms with E-state index in [0.29, 0.717) is 5.41 Å². The van der Waals surface area contributed by atoms with Crippen LogP contribution in [0.3, 0.4) is 0 Å². The molecule has 17 heavy (non-hydrogen) atoms. The Bertz CT molecular complexity index is 237. The van der Waals surface area contributed by atoms with E-state index in [4.69, 9.17) is 0 Å². The number of rotatable bonds is 2. The topological polar surface area (TPSA) is 20.2 Å². The van der Waals surface area contributed by atoms with Crippen LogP contribution in [-0.4, -0.2) is 10.7 Å². The molecule has 1 heteroatoms. The summed E-state index contributed by atoms with van der Waals surface area (Å²) in [6.07, 6.45) is 11.2. The van der Waals surface area contributed by atoms with Crippen molar-refractivity contribution in [1.29, 1.82) is 0 Å². The maximum Gasteiger partial charge on any atom is 0.0650 e. The summed E-state index contributed by atoms with van der Waals surface area (Å²) >= 11 is 0. The van der Waals surface area contributed by atoms with Gasteiger partial charge in [-0.2, -0.15) is 0 Å². The molecule has 0 bridgehead atoms. The van der Waals surface area contributed by atoms with Crippen LogP contribution >= 0.6 is 0 Å². The molecule has 2 fully saturated rings. The van der Waals surface area contributed by atoms with Gasteiger partial charge in [0.1, 0.15) is 0 Å². The summed E-state index contributed by atoms with van der Waals surface area (Å²) in [5, 5.41) is 10.7. The zero-order valence-electron chi connectivity index (χ0n) is 12.0. The highest BCUT2D eigenvalue weighted by Gasteiger charge is 2.38. The molecule has 0 spiro atoms. The summed E-state index contributed by atoms with van der Waals surface area (Å²) < 4.78 is 0. The first-order valence-corrected chi connectivity index (χ1v) is 7.61. The number of hydrogen-bond acceptors (Lipinski definition) is 1. The lowest BCUT2D eigenvalue weighted by atomic mass is 9.67. The quantitative estimate of drug-likeness (QED) is 0.749. The van der Waals surface area contributed by atoms with Gasteiger partial charge in [-0.15, -0.1) is 0 Å². The first kappa shape index (κ1) is 13.4. The summed E-state index contributed by atoms with van der Waals surface area (Å²) in [6.45, 7) is 7.04. The van der Waals surface area contributed by atoms with E-state index in [-0.39, 0.29) is 5.60 Å². The lowest BCUT2D eigenvalue weighted by Gasteiger charge is -2.42. The van der Waals surface area contributed by atoms with E-state index in [1.807, 2.05) is 0 Å². The molecule has 1 nitrogen and oxygen atoms in total. The smallest absolute Gasteiger partial charge is 0.0650 e. The Morgan fingerprint density at radius 3 is 2.00 bits per heavy atom. The van der Waals surface area contributed by atoms with Crippen LogP contribution in [0, 0.1) is 17.3 Å². The number of hydrogen-bond donors (Lipinski definition) is 1. The monoisotopic (exact) mass is 238 g/mol. The minimum atomic E-state index is -0.309. The zero-order chi connectivity index (χ0) is 12.5. The standard InChI is InChI=1S/C16H30O/c1-15(2,3)14-8-10-16(17,11-9-14)12-13-6-4-5-7-13/h13-14,17H,4-12H2,1-3H3. The SMILES string of the molecule is CC(C)(C)C1CCC(O)(CC2CCCC2)CC1. The van der Waals surface area contributed by atoms with Gasteiger partial charge in [0, 0.05) is 0 Å². The Balaban J connectivity index is 1.84. The fraction of sp³-hybridized carbons (Fsp3) is 1.00. The first-order chi connectivity index (χ1) is 7.89. The largest absolute Gasteiger partial charge is 0.390 e. The van der Waals surface area contributed by atoms with Crippen LogP contribution in [0.5, 0.6) is 0 Å². The maximum atomic E-state index is 10.7. The van der Waals surface area contributed by atoms with Crippen LogP contribution in [-0.2, 0) is 0 Å². The van der Waals surface area contributed by atoms with Crippen LogP contribution in [0.15, 0.2) is 0 Å². The second-order valence-electron chi connectivity index (χ2n) is 7.72. The average molecular weight is 238 g/mol. The molecular weight excluding hydrogens is 208 g/mol. The Morgan fingerprint density at radius 2 is 1.53 bits per heavy atom. The molecule has 2 rings (SSSR count). The highest BCUT2D eigenvalue weighted by atomic mass is 16.3. The van der Waals surface area contributed by atoms with Crippen molar-refractivity contribution in [2.24, 2.45) is 17.3 Å². The van der Waals surface area contributed by atoms with E-state index >= 15 is 0 Å². The summed E-state index contributed by atoms with van der Waals surface area (Å²) in [5.41, 5.74) is 0.117. The molecule has 0 atom stereocenters. The van der Waals surface area contributed by atoms with Crippen LogP contribution in [0.4, 0.5) is 0 Å². The molecule has 0 amide bonds. The summed E-state index contributed by atoms with van der Waals surface area (Å²) in [6, 6.07) is 0. The first-order valence-electron chi connectivity index (χ1n) is 7.61. The van der Waals surface area contributed by atoms with Gasteiger partial charge >= 0.3 is 0 Å². The minimum Gasteiger partial charge on any atom is -0.390 e. The molecule has 0 aromatic carbocycles. The van der Waals surface area contributed by atoms with Crippen molar-refractivity contribution in [3.05, 3.63) is 0 Å². The van der Waals surface area contributed by atoms with Crippen molar-refractivity contribution in [2.45, 2.75) is 84.2 Å². The van der Waals surface area contributed by atoms with Gasteiger partial charge in [-0.05, 0) is 49.4 Å². The molecular formula is C16H30O. The van der Waals surface area contributed by atoms with E-state index in [1.165, 1.54) is 38.5 Å². The van der Waals surface area contributed by atoms with Crippen molar-refractivity contribution in [2.75, 3.05) is 0 Å². The predicted octanol–water partition coefficient (Wildman–Crippen LogP) is 4.53. The second kappa shape index (κ2) is 4.91. The van der Waals surface area contributed by atoms with Gasteiger partial charge in [-0.1, -0.05) is 46.5 Å². The van der Waals surface area contributed by atoms with Gasteiger partial charge < -0.3 is 5.11 Å². The normalized spacial score (nSPS) is 36.4.